The molecule has 0 saturated heterocycles. The Kier molecular flexibility index (Phi) is 3.88. The van der Waals surface area contributed by atoms with Crippen LogP contribution < -0.4 is 11.1 Å². The van der Waals surface area contributed by atoms with Crippen LogP contribution in [0.15, 0.2) is 30.6 Å². The summed E-state index contributed by atoms with van der Waals surface area (Å²) in [5, 5.41) is 2.51. The van der Waals surface area contributed by atoms with Crippen molar-refractivity contribution < 1.29 is 18.0 Å². The molecule has 0 saturated carbocycles. The van der Waals surface area contributed by atoms with Crippen molar-refractivity contribution in [2.45, 2.75) is 12.7 Å². The molecule has 1 aromatic carbocycles. The summed E-state index contributed by atoms with van der Waals surface area (Å²) < 4.78 is 39.9. The van der Waals surface area contributed by atoms with E-state index in [-0.39, 0.29) is 12.1 Å². The van der Waals surface area contributed by atoms with Crippen LogP contribution in [0.3, 0.4) is 0 Å². The van der Waals surface area contributed by atoms with Crippen molar-refractivity contribution in [1.29, 1.82) is 0 Å². The summed E-state index contributed by atoms with van der Waals surface area (Å²) in [5.41, 5.74) is 3.74. The maximum Gasteiger partial charge on any atom is 0.418 e. The highest BCUT2D eigenvalue weighted by Gasteiger charge is 2.33. The fourth-order valence-electron chi connectivity index (χ4n) is 1.77. The van der Waals surface area contributed by atoms with E-state index in [4.69, 9.17) is 5.73 Å². The van der Waals surface area contributed by atoms with Crippen LogP contribution in [-0.2, 0) is 19.8 Å². The Balaban J connectivity index is 2.15. The SMILES string of the molecule is Cn1ccnc1CNC(=O)c1ccc(N)c(C(F)(F)F)c1. The lowest BCUT2D eigenvalue weighted by molar-refractivity contribution is -0.136. The van der Waals surface area contributed by atoms with Crippen molar-refractivity contribution in [1.82, 2.24) is 14.9 Å². The number of alkyl halides is 3. The van der Waals surface area contributed by atoms with E-state index in [2.05, 4.69) is 10.3 Å². The molecule has 0 fully saturated rings. The molecule has 3 N–H and O–H groups in total. The Labute approximate surface area is 118 Å². The van der Waals surface area contributed by atoms with Gasteiger partial charge in [0.15, 0.2) is 0 Å². The molecule has 0 bridgehead atoms. The number of nitrogens with two attached hydrogens (primary N) is 1. The van der Waals surface area contributed by atoms with E-state index in [1.54, 1.807) is 24.0 Å². The molecule has 21 heavy (non-hydrogen) atoms. The first-order valence-electron chi connectivity index (χ1n) is 6.00. The van der Waals surface area contributed by atoms with Gasteiger partial charge in [-0.1, -0.05) is 0 Å². The Bertz CT molecular complexity index is 664. The van der Waals surface area contributed by atoms with Gasteiger partial charge < -0.3 is 15.6 Å². The third-order valence-corrected chi connectivity index (χ3v) is 2.95. The number of carbonyl (C=O) groups excluding carboxylic acids is 1. The molecule has 2 aromatic rings. The van der Waals surface area contributed by atoms with Crippen LogP contribution in [0.4, 0.5) is 18.9 Å². The molecule has 0 aliphatic heterocycles. The van der Waals surface area contributed by atoms with Gasteiger partial charge in [-0.15, -0.1) is 0 Å². The number of benzene rings is 1. The van der Waals surface area contributed by atoms with Crippen LogP contribution in [0.5, 0.6) is 0 Å². The number of hydrogen-bond donors (Lipinski definition) is 2. The molecule has 0 aliphatic rings. The Morgan fingerprint density at radius 1 is 1.43 bits per heavy atom. The minimum Gasteiger partial charge on any atom is -0.398 e. The number of carbonyl (C=O) groups is 1. The molecule has 5 nitrogen and oxygen atoms in total. The molecule has 0 atom stereocenters. The van der Waals surface area contributed by atoms with Gasteiger partial charge in [-0.25, -0.2) is 4.98 Å². The summed E-state index contributed by atoms with van der Waals surface area (Å²) in [7, 11) is 1.75. The molecule has 1 heterocycles. The largest absolute Gasteiger partial charge is 0.418 e. The monoisotopic (exact) mass is 298 g/mol. The molecule has 2 rings (SSSR count). The molecule has 1 amide bonds. The normalized spacial score (nSPS) is 11.4. The first-order chi connectivity index (χ1) is 9.79. The number of aryl methyl sites for hydroxylation is 1. The molecule has 0 radical (unpaired) electrons. The second-order valence-electron chi connectivity index (χ2n) is 4.44. The second-order valence-corrected chi connectivity index (χ2v) is 4.44. The van der Waals surface area contributed by atoms with Crippen LogP contribution in [0.1, 0.15) is 21.7 Å². The van der Waals surface area contributed by atoms with Gasteiger partial charge in [0.05, 0.1) is 12.1 Å². The van der Waals surface area contributed by atoms with Crippen molar-refractivity contribution in [3.8, 4) is 0 Å². The molecule has 0 aliphatic carbocycles. The zero-order valence-corrected chi connectivity index (χ0v) is 11.1. The van der Waals surface area contributed by atoms with Gasteiger partial charge in [-0.3, -0.25) is 4.79 Å². The zero-order valence-electron chi connectivity index (χ0n) is 11.1. The number of hydrogen-bond acceptors (Lipinski definition) is 3. The van der Waals surface area contributed by atoms with Crippen LogP contribution in [-0.4, -0.2) is 15.5 Å². The standard InChI is InChI=1S/C13H13F3N4O/c1-20-5-4-18-11(20)7-19-12(21)8-2-3-10(17)9(6-8)13(14,15)16/h2-6H,7,17H2,1H3,(H,19,21). The van der Waals surface area contributed by atoms with Gasteiger partial charge in [-0.05, 0) is 18.2 Å². The van der Waals surface area contributed by atoms with E-state index >= 15 is 0 Å². The van der Waals surface area contributed by atoms with Crippen molar-refractivity contribution in [2.24, 2.45) is 7.05 Å². The van der Waals surface area contributed by atoms with Crippen LogP contribution in [0.25, 0.3) is 0 Å². The fraction of sp³-hybridized carbons (Fsp3) is 0.231. The van der Waals surface area contributed by atoms with Crippen molar-refractivity contribution in [3.05, 3.63) is 47.5 Å². The number of nitrogen functional groups attached to an aromatic ring is 1. The number of anilines is 1. The average Bonchev–Trinajstić information content (AvgIpc) is 2.80. The maximum absolute atomic E-state index is 12.7. The van der Waals surface area contributed by atoms with Gasteiger partial charge in [0.2, 0.25) is 0 Å². The molecule has 112 valence electrons. The first kappa shape index (κ1) is 14.9. The minimum atomic E-state index is -4.60. The van der Waals surface area contributed by atoms with E-state index in [9.17, 15) is 18.0 Å². The Morgan fingerprint density at radius 3 is 2.71 bits per heavy atom. The van der Waals surface area contributed by atoms with Crippen molar-refractivity contribution >= 4 is 11.6 Å². The number of aromatic nitrogens is 2. The van der Waals surface area contributed by atoms with Crippen LogP contribution >= 0.6 is 0 Å². The third kappa shape index (κ3) is 3.33. The zero-order chi connectivity index (χ0) is 15.6. The lowest BCUT2D eigenvalue weighted by Crippen LogP contribution is -2.25. The van der Waals surface area contributed by atoms with Crippen LogP contribution in [0.2, 0.25) is 0 Å². The summed E-state index contributed by atoms with van der Waals surface area (Å²) in [6.07, 6.45) is -1.33. The number of rotatable bonds is 3. The summed E-state index contributed by atoms with van der Waals surface area (Å²) in [4.78, 5) is 15.9. The van der Waals surface area contributed by atoms with E-state index in [1.165, 1.54) is 6.07 Å². The number of nitrogens with zero attached hydrogens (tertiary/aromatic N) is 2. The highest BCUT2D eigenvalue weighted by atomic mass is 19.4. The van der Waals surface area contributed by atoms with Gasteiger partial charge in [-0.2, -0.15) is 13.2 Å². The van der Waals surface area contributed by atoms with Crippen molar-refractivity contribution in [3.63, 3.8) is 0 Å². The van der Waals surface area contributed by atoms with E-state index in [1.807, 2.05) is 0 Å². The van der Waals surface area contributed by atoms with Gasteiger partial charge in [0.1, 0.15) is 5.82 Å². The van der Waals surface area contributed by atoms with Gasteiger partial charge in [0.25, 0.3) is 5.91 Å². The molecular formula is C13H13F3N4O. The van der Waals surface area contributed by atoms with Gasteiger partial charge in [0, 0.05) is 30.7 Å². The highest BCUT2D eigenvalue weighted by Crippen LogP contribution is 2.33. The Hall–Kier alpha value is -2.51. The lowest BCUT2D eigenvalue weighted by atomic mass is 10.1. The van der Waals surface area contributed by atoms with E-state index in [0.29, 0.717) is 5.82 Å². The summed E-state index contributed by atoms with van der Waals surface area (Å²) in [6.45, 7) is 0.119. The summed E-state index contributed by atoms with van der Waals surface area (Å²) >= 11 is 0. The average molecular weight is 298 g/mol. The van der Waals surface area contributed by atoms with Crippen LogP contribution in [0, 0.1) is 0 Å². The maximum atomic E-state index is 12.7. The number of nitrogens with one attached hydrogen (secondary N) is 1. The predicted octanol–water partition coefficient (Wildman–Crippen LogP) is 1.95. The first-order valence-corrected chi connectivity index (χ1v) is 6.00. The van der Waals surface area contributed by atoms with Crippen molar-refractivity contribution in [2.75, 3.05) is 5.73 Å². The minimum absolute atomic E-state index is 0.106. The highest BCUT2D eigenvalue weighted by molar-refractivity contribution is 5.94. The molecule has 0 unspecified atom stereocenters. The fourth-order valence-corrected chi connectivity index (χ4v) is 1.77. The topological polar surface area (TPSA) is 72.9 Å². The summed E-state index contributed by atoms with van der Waals surface area (Å²) in [6, 6.07) is 3.06. The summed E-state index contributed by atoms with van der Waals surface area (Å²) in [5.74, 6) is -0.0293. The predicted molar refractivity (Wildman–Crippen MR) is 70.2 cm³/mol. The molecule has 0 spiro atoms. The Morgan fingerprint density at radius 2 is 2.14 bits per heavy atom. The molecule has 8 heteroatoms. The van der Waals surface area contributed by atoms with E-state index < -0.39 is 23.3 Å². The van der Waals surface area contributed by atoms with E-state index in [0.717, 1.165) is 12.1 Å². The smallest absolute Gasteiger partial charge is 0.398 e. The number of amides is 1. The lowest BCUT2D eigenvalue weighted by Gasteiger charge is -2.12. The second kappa shape index (κ2) is 5.47. The third-order valence-electron chi connectivity index (χ3n) is 2.95. The van der Waals surface area contributed by atoms with Gasteiger partial charge >= 0.3 is 6.18 Å². The number of imidazole rings is 1. The quantitative estimate of drug-likeness (QED) is 0.851. The molecular weight excluding hydrogens is 285 g/mol. The molecule has 1 aromatic heterocycles. The number of halogens is 3.